The number of hydrogen-bond donors (Lipinski definition) is 1. The Morgan fingerprint density at radius 2 is 1.97 bits per heavy atom. The van der Waals surface area contributed by atoms with Crippen LogP contribution in [0.5, 0.6) is 0 Å². The van der Waals surface area contributed by atoms with Crippen LogP contribution in [-0.2, 0) is 0 Å². The fraction of sp³-hybridized carbons (Fsp3) is 0.174. The van der Waals surface area contributed by atoms with Crippen LogP contribution in [0.2, 0.25) is 5.02 Å². The second-order valence-electron chi connectivity index (χ2n) is 6.97. The van der Waals surface area contributed by atoms with Crippen molar-refractivity contribution in [2.75, 3.05) is 17.6 Å². The van der Waals surface area contributed by atoms with Gasteiger partial charge in [-0.05, 0) is 54.6 Å². The highest BCUT2D eigenvalue weighted by atomic mass is 35.5. The molecule has 0 unspecified atom stereocenters. The lowest BCUT2D eigenvalue weighted by atomic mass is 10.1. The highest BCUT2D eigenvalue weighted by Crippen LogP contribution is 2.28. The molecule has 1 aliphatic heterocycles. The monoisotopic (exact) mass is 469 g/mol. The van der Waals surface area contributed by atoms with E-state index in [9.17, 15) is 9.59 Å². The molecule has 1 saturated heterocycles. The zero-order valence-corrected chi connectivity index (χ0v) is 19.2. The summed E-state index contributed by atoms with van der Waals surface area (Å²) in [6.45, 7) is 2.59. The van der Waals surface area contributed by atoms with Gasteiger partial charge in [0.25, 0.3) is 11.8 Å². The number of aliphatic imine (C=N–C) groups is 1. The van der Waals surface area contributed by atoms with E-state index >= 15 is 0 Å². The van der Waals surface area contributed by atoms with Gasteiger partial charge < -0.3 is 5.32 Å². The Bertz CT molecular complexity index is 1150. The van der Waals surface area contributed by atoms with Crippen LogP contribution in [0.25, 0.3) is 0 Å². The summed E-state index contributed by atoms with van der Waals surface area (Å²) in [5.74, 6) is 0.497. The molecule has 2 aromatic carbocycles. The number of amides is 2. The van der Waals surface area contributed by atoms with Crippen molar-refractivity contribution in [3.63, 3.8) is 0 Å². The van der Waals surface area contributed by atoms with Crippen LogP contribution in [0, 0.1) is 6.92 Å². The Balaban J connectivity index is 1.60. The third-order valence-corrected chi connectivity index (χ3v) is 7.03. The summed E-state index contributed by atoms with van der Waals surface area (Å²) in [5, 5.41) is 5.70. The number of benzene rings is 2. The average Bonchev–Trinajstić information content (AvgIpc) is 3.32. The molecule has 1 fully saturated rings. The number of halogens is 1. The van der Waals surface area contributed by atoms with Gasteiger partial charge in [0.1, 0.15) is 0 Å². The maximum absolute atomic E-state index is 13.3. The van der Waals surface area contributed by atoms with E-state index in [1.807, 2.05) is 42.6 Å². The first-order valence-corrected chi connectivity index (χ1v) is 12.0. The lowest BCUT2D eigenvalue weighted by Crippen LogP contribution is -2.39. The Labute approximate surface area is 194 Å². The Morgan fingerprint density at radius 3 is 2.74 bits per heavy atom. The van der Waals surface area contributed by atoms with Crippen molar-refractivity contribution in [2.24, 2.45) is 4.99 Å². The molecule has 2 heterocycles. The number of amidine groups is 1. The fourth-order valence-corrected chi connectivity index (χ4v) is 4.87. The zero-order valence-electron chi connectivity index (χ0n) is 16.8. The molecule has 0 aliphatic carbocycles. The molecule has 1 aromatic heterocycles. The minimum atomic E-state index is -0.253. The number of carbonyl (C=O) groups is 2. The molecule has 4 rings (SSSR count). The molecule has 1 aliphatic rings. The van der Waals surface area contributed by atoms with Gasteiger partial charge in [0.2, 0.25) is 0 Å². The van der Waals surface area contributed by atoms with E-state index in [-0.39, 0.29) is 11.8 Å². The molecule has 0 saturated carbocycles. The predicted octanol–water partition coefficient (Wildman–Crippen LogP) is 6.23. The van der Waals surface area contributed by atoms with E-state index < -0.39 is 0 Å². The zero-order chi connectivity index (χ0) is 21.8. The second kappa shape index (κ2) is 9.68. The number of thioether (sulfide) groups is 1. The highest BCUT2D eigenvalue weighted by molar-refractivity contribution is 8.13. The summed E-state index contributed by atoms with van der Waals surface area (Å²) in [6.07, 6.45) is 0.888. The van der Waals surface area contributed by atoms with Crippen LogP contribution >= 0.6 is 34.7 Å². The summed E-state index contributed by atoms with van der Waals surface area (Å²) >= 11 is 9.20. The summed E-state index contributed by atoms with van der Waals surface area (Å²) in [4.78, 5) is 32.8. The maximum atomic E-state index is 13.3. The van der Waals surface area contributed by atoms with Gasteiger partial charge in [-0.1, -0.05) is 47.6 Å². The van der Waals surface area contributed by atoms with Crippen LogP contribution in [0.4, 0.5) is 11.4 Å². The van der Waals surface area contributed by atoms with Crippen LogP contribution in [-0.4, -0.2) is 34.2 Å². The van der Waals surface area contributed by atoms with Crippen molar-refractivity contribution in [1.29, 1.82) is 0 Å². The first-order valence-electron chi connectivity index (χ1n) is 9.76. The molecule has 2 amide bonds. The maximum Gasteiger partial charge on any atom is 0.265 e. The van der Waals surface area contributed by atoms with Gasteiger partial charge in [0.05, 0.1) is 21.3 Å². The molecular formula is C23H20ClN3O2S2. The van der Waals surface area contributed by atoms with Gasteiger partial charge in [0.15, 0.2) is 5.17 Å². The molecule has 3 aromatic rings. The second-order valence-corrected chi connectivity index (χ2v) is 9.38. The number of nitrogens with zero attached hydrogens (tertiary/aromatic N) is 2. The molecule has 8 heteroatoms. The quantitative estimate of drug-likeness (QED) is 0.492. The third kappa shape index (κ3) is 5.01. The SMILES string of the molecule is Cc1ccccc1N=C1SCCCN1C(=O)c1ccc(Cl)c(NC(=O)c2cccs2)c1. The third-order valence-electron chi connectivity index (χ3n) is 4.77. The van der Waals surface area contributed by atoms with Gasteiger partial charge in [-0.25, -0.2) is 4.99 Å². The summed E-state index contributed by atoms with van der Waals surface area (Å²) in [6, 6.07) is 16.3. The average molecular weight is 470 g/mol. The lowest BCUT2D eigenvalue weighted by molar-refractivity contribution is 0.0848. The number of para-hydroxylation sites is 1. The van der Waals surface area contributed by atoms with Gasteiger partial charge in [0, 0.05) is 17.9 Å². The molecule has 158 valence electrons. The first kappa shape index (κ1) is 21.6. The van der Waals surface area contributed by atoms with Crippen molar-refractivity contribution >= 4 is 63.1 Å². The number of carbonyl (C=O) groups excluding carboxylic acids is 2. The van der Waals surface area contributed by atoms with Crippen molar-refractivity contribution in [3.05, 3.63) is 81.0 Å². The summed E-state index contributed by atoms with van der Waals surface area (Å²) < 4.78 is 0. The number of thiophene rings is 1. The topological polar surface area (TPSA) is 61.8 Å². The van der Waals surface area contributed by atoms with Crippen LogP contribution < -0.4 is 5.32 Å². The summed E-state index contributed by atoms with van der Waals surface area (Å²) in [7, 11) is 0. The van der Waals surface area contributed by atoms with Crippen LogP contribution in [0.1, 0.15) is 32.0 Å². The molecule has 1 N–H and O–H groups in total. The van der Waals surface area contributed by atoms with E-state index in [4.69, 9.17) is 16.6 Å². The van der Waals surface area contributed by atoms with Crippen molar-refractivity contribution in [2.45, 2.75) is 13.3 Å². The van der Waals surface area contributed by atoms with Gasteiger partial charge in [-0.3, -0.25) is 14.5 Å². The van der Waals surface area contributed by atoms with Gasteiger partial charge in [-0.2, -0.15) is 0 Å². The summed E-state index contributed by atoms with van der Waals surface area (Å²) in [5.41, 5.74) is 2.77. The van der Waals surface area contributed by atoms with E-state index in [1.165, 1.54) is 11.3 Å². The number of hydrogen-bond acceptors (Lipinski definition) is 5. The number of nitrogens with one attached hydrogen (secondary N) is 1. The largest absolute Gasteiger partial charge is 0.320 e. The van der Waals surface area contributed by atoms with E-state index in [0.29, 0.717) is 32.9 Å². The Hall–Kier alpha value is -2.61. The van der Waals surface area contributed by atoms with Gasteiger partial charge >= 0.3 is 0 Å². The molecule has 0 atom stereocenters. The minimum absolute atomic E-state index is 0.164. The number of aryl methyl sites for hydroxylation is 1. The molecular weight excluding hydrogens is 450 g/mol. The van der Waals surface area contributed by atoms with Crippen LogP contribution in [0.15, 0.2) is 65.0 Å². The lowest BCUT2D eigenvalue weighted by Gasteiger charge is -2.28. The molecule has 0 radical (unpaired) electrons. The standard InChI is InChI=1S/C23H20ClN3O2S2/c1-15-6-2-3-7-18(15)26-23-27(11-5-13-31-23)22(29)16-9-10-17(24)19(14-16)25-21(28)20-8-4-12-30-20/h2-4,6-10,12,14H,5,11,13H2,1H3,(H,25,28). The molecule has 31 heavy (non-hydrogen) atoms. The Kier molecular flexibility index (Phi) is 6.75. The van der Waals surface area contributed by atoms with Crippen LogP contribution in [0.3, 0.4) is 0 Å². The molecule has 5 nitrogen and oxygen atoms in total. The van der Waals surface area contributed by atoms with Gasteiger partial charge in [-0.15, -0.1) is 11.3 Å². The number of rotatable bonds is 4. The fourth-order valence-electron chi connectivity index (χ4n) is 3.13. The predicted molar refractivity (Wildman–Crippen MR) is 130 cm³/mol. The Morgan fingerprint density at radius 1 is 1.13 bits per heavy atom. The van der Waals surface area contributed by atoms with E-state index in [1.54, 1.807) is 40.9 Å². The van der Waals surface area contributed by atoms with E-state index in [0.717, 1.165) is 23.4 Å². The number of anilines is 1. The van der Waals surface area contributed by atoms with Crippen molar-refractivity contribution < 1.29 is 9.59 Å². The van der Waals surface area contributed by atoms with Crippen molar-refractivity contribution in [3.8, 4) is 0 Å². The van der Waals surface area contributed by atoms with E-state index in [2.05, 4.69) is 5.32 Å². The minimum Gasteiger partial charge on any atom is -0.320 e. The highest BCUT2D eigenvalue weighted by Gasteiger charge is 2.26. The van der Waals surface area contributed by atoms with Crippen molar-refractivity contribution in [1.82, 2.24) is 4.90 Å². The smallest absolute Gasteiger partial charge is 0.265 e. The molecule has 0 spiro atoms. The normalized spacial score (nSPS) is 15.2. The molecule has 0 bridgehead atoms. The first-order chi connectivity index (χ1) is 15.0.